The summed E-state index contributed by atoms with van der Waals surface area (Å²) in [4.78, 5) is 0. The van der Waals surface area contributed by atoms with Crippen LogP contribution in [-0.2, 0) is 10.0 Å². The molecule has 0 saturated heterocycles. The summed E-state index contributed by atoms with van der Waals surface area (Å²) in [6, 6.07) is 0. The number of unbranched alkanes of at least 4 members (excludes halogenated alkanes) is 1. The number of nitrogens with two attached hydrogens (primary N) is 1. The number of anilines is 1. The summed E-state index contributed by atoms with van der Waals surface area (Å²) in [5.41, 5.74) is 5.52. The maximum absolute atomic E-state index is 11.6. The number of nitrogen functional groups attached to an aromatic ring is 1. The Bertz CT molecular complexity index is 465. The summed E-state index contributed by atoms with van der Waals surface area (Å²) >= 11 is 0. The van der Waals surface area contributed by atoms with Crippen LogP contribution in [0.25, 0.3) is 0 Å². The van der Waals surface area contributed by atoms with Gasteiger partial charge in [-0.05, 0) is 6.42 Å². The number of hydrogen-bond acceptors (Lipinski definition) is 4. The van der Waals surface area contributed by atoms with Crippen LogP contribution in [-0.4, -0.2) is 30.2 Å². The predicted octanol–water partition coefficient (Wildman–Crippen LogP) is 0.236. The Hall–Kier alpha value is -1.57. The van der Waals surface area contributed by atoms with E-state index in [4.69, 9.17) is 11.1 Å². The first-order chi connectivity index (χ1) is 7.46. The highest BCUT2D eigenvalue weighted by atomic mass is 32.2. The fourth-order valence-corrected chi connectivity index (χ4v) is 2.35. The van der Waals surface area contributed by atoms with Crippen LogP contribution in [0.2, 0.25) is 0 Å². The molecule has 0 aromatic carbocycles. The van der Waals surface area contributed by atoms with Crippen molar-refractivity contribution >= 4 is 21.7 Å². The Balaban J connectivity index is 2.80. The monoisotopic (exact) mass is 245 g/mol. The molecule has 1 heterocycles. The fraction of sp³-hybridized carbons (Fsp3) is 0.500. The van der Waals surface area contributed by atoms with Gasteiger partial charge in [0.25, 0.3) is 0 Å². The van der Waals surface area contributed by atoms with E-state index in [2.05, 4.69) is 14.9 Å². The first-order valence-corrected chi connectivity index (χ1v) is 6.49. The molecule has 0 saturated carbocycles. The number of H-pyrrole nitrogens is 1. The zero-order valence-corrected chi connectivity index (χ0v) is 9.76. The van der Waals surface area contributed by atoms with Crippen LogP contribution in [0, 0.1) is 5.41 Å². The Morgan fingerprint density at radius 3 is 2.94 bits per heavy atom. The van der Waals surface area contributed by atoms with Crippen LogP contribution in [0.5, 0.6) is 0 Å². The first-order valence-electron chi connectivity index (χ1n) is 4.84. The van der Waals surface area contributed by atoms with Gasteiger partial charge in [-0.15, -0.1) is 0 Å². The van der Waals surface area contributed by atoms with Crippen molar-refractivity contribution in [1.82, 2.24) is 10.2 Å². The van der Waals surface area contributed by atoms with Gasteiger partial charge in [0.05, 0.1) is 17.5 Å². The number of hydrogen-bond donors (Lipinski definition) is 4. The molecular weight excluding hydrogens is 230 g/mol. The lowest BCUT2D eigenvalue weighted by Crippen LogP contribution is -2.20. The highest BCUT2D eigenvalue weighted by Gasteiger charge is 2.15. The number of sulfonamides is 1. The van der Waals surface area contributed by atoms with Crippen LogP contribution in [0.4, 0.5) is 5.82 Å². The van der Waals surface area contributed by atoms with Crippen molar-refractivity contribution in [3.8, 4) is 0 Å². The third kappa shape index (κ3) is 3.23. The molecule has 16 heavy (non-hydrogen) atoms. The van der Waals surface area contributed by atoms with Gasteiger partial charge < -0.3 is 5.73 Å². The van der Waals surface area contributed by atoms with Crippen LogP contribution >= 0.6 is 0 Å². The highest BCUT2D eigenvalue weighted by molar-refractivity contribution is 7.92. The van der Waals surface area contributed by atoms with Crippen molar-refractivity contribution in [3.63, 3.8) is 0 Å². The van der Waals surface area contributed by atoms with E-state index in [-0.39, 0.29) is 23.0 Å². The van der Waals surface area contributed by atoms with Gasteiger partial charge in [-0.2, -0.15) is 5.10 Å². The van der Waals surface area contributed by atoms with Gasteiger partial charge in [0.15, 0.2) is 0 Å². The largest absolute Gasteiger partial charge is 0.384 e. The molecule has 0 amide bonds. The molecule has 1 rings (SSSR count). The molecule has 0 aliphatic heterocycles. The maximum Gasteiger partial charge on any atom is 0.233 e. The Labute approximate surface area is 94.0 Å². The van der Waals surface area contributed by atoms with Crippen LogP contribution in [0.15, 0.2) is 6.20 Å². The molecule has 0 aliphatic carbocycles. The van der Waals surface area contributed by atoms with Gasteiger partial charge in [0.1, 0.15) is 11.7 Å². The summed E-state index contributed by atoms with van der Waals surface area (Å²) in [5, 5.41) is 13.3. The lowest BCUT2D eigenvalue weighted by molar-refractivity contribution is 0.597. The average molecular weight is 245 g/mol. The molecule has 0 fully saturated rings. The first kappa shape index (κ1) is 12.5. The predicted molar refractivity (Wildman–Crippen MR) is 61.9 cm³/mol. The minimum atomic E-state index is -3.40. The SMILES string of the molecule is CCCCS(=O)(=O)Nc1[nH]ncc1C(=N)N. The molecule has 8 heteroatoms. The number of rotatable bonds is 6. The van der Waals surface area contributed by atoms with Gasteiger partial charge in [-0.25, -0.2) is 8.42 Å². The van der Waals surface area contributed by atoms with Crippen LogP contribution in [0.1, 0.15) is 25.3 Å². The molecule has 90 valence electrons. The summed E-state index contributed by atoms with van der Waals surface area (Å²) in [6.07, 6.45) is 2.68. The summed E-state index contributed by atoms with van der Waals surface area (Å²) < 4.78 is 25.4. The lowest BCUT2D eigenvalue weighted by Gasteiger charge is -2.06. The zero-order chi connectivity index (χ0) is 12.2. The molecule has 0 unspecified atom stereocenters. The lowest BCUT2D eigenvalue weighted by atomic mass is 10.3. The normalized spacial score (nSPS) is 11.3. The Morgan fingerprint density at radius 1 is 1.69 bits per heavy atom. The average Bonchev–Trinajstić information content (AvgIpc) is 2.62. The smallest absolute Gasteiger partial charge is 0.233 e. The van der Waals surface area contributed by atoms with Crippen molar-refractivity contribution in [2.45, 2.75) is 19.8 Å². The number of nitrogens with one attached hydrogen (secondary N) is 3. The topological polar surface area (TPSA) is 125 Å². The van der Waals surface area contributed by atoms with Gasteiger partial charge in [0.2, 0.25) is 10.0 Å². The van der Waals surface area contributed by atoms with Gasteiger partial charge in [-0.1, -0.05) is 13.3 Å². The Kier molecular flexibility index (Phi) is 3.88. The van der Waals surface area contributed by atoms with E-state index >= 15 is 0 Å². The van der Waals surface area contributed by atoms with Gasteiger partial charge >= 0.3 is 0 Å². The molecule has 0 atom stereocenters. The van der Waals surface area contributed by atoms with Gasteiger partial charge in [-0.3, -0.25) is 15.2 Å². The molecular formula is C8H15N5O2S. The third-order valence-electron chi connectivity index (χ3n) is 1.95. The summed E-state index contributed by atoms with van der Waals surface area (Å²) in [5.74, 6) is -0.0506. The second kappa shape index (κ2) is 4.97. The van der Waals surface area contributed by atoms with Crippen molar-refractivity contribution in [2.75, 3.05) is 10.5 Å². The molecule has 5 N–H and O–H groups in total. The third-order valence-corrected chi connectivity index (χ3v) is 3.29. The quantitative estimate of drug-likeness (QED) is 0.423. The van der Waals surface area contributed by atoms with Crippen molar-refractivity contribution in [1.29, 1.82) is 5.41 Å². The Morgan fingerprint density at radius 2 is 2.38 bits per heavy atom. The van der Waals surface area contributed by atoms with Crippen molar-refractivity contribution < 1.29 is 8.42 Å². The molecule has 0 bridgehead atoms. The molecule has 1 aromatic rings. The fourth-order valence-electron chi connectivity index (χ4n) is 1.11. The number of amidine groups is 1. The van der Waals surface area contributed by atoms with Crippen molar-refractivity contribution in [3.05, 3.63) is 11.8 Å². The summed E-state index contributed by atoms with van der Waals surface area (Å²) in [7, 11) is -3.40. The maximum atomic E-state index is 11.6. The van der Waals surface area contributed by atoms with E-state index < -0.39 is 10.0 Å². The van der Waals surface area contributed by atoms with E-state index in [1.807, 2.05) is 6.92 Å². The van der Waals surface area contributed by atoms with E-state index in [0.717, 1.165) is 6.42 Å². The van der Waals surface area contributed by atoms with E-state index in [9.17, 15) is 8.42 Å². The minimum absolute atomic E-state index is 0.0415. The number of aromatic amines is 1. The van der Waals surface area contributed by atoms with E-state index in [0.29, 0.717) is 6.42 Å². The summed E-state index contributed by atoms with van der Waals surface area (Å²) in [6.45, 7) is 1.91. The van der Waals surface area contributed by atoms with Crippen molar-refractivity contribution in [2.24, 2.45) is 5.73 Å². The second-order valence-electron chi connectivity index (χ2n) is 3.35. The number of aromatic nitrogens is 2. The molecule has 7 nitrogen and oxygen atoms in total. The van der Waals surface area contributed by atoms with Gasteiger partial charge in [0, 0.05) is 0 Å². The standard InChI is InChI=1S/C8H15N5O2S/c1-2-3-4-16(14,15)13-8-6(7(9)10)5-11-12-8/h5H,2-4H2,1H3,(H3,9,10)(H2,11,12,13). The van der Waals surface area contributed by atoms with Crippen LogP contribution < -0.4 is 10.5 Å². The van der Waals surface area contributed by atoms with E-state index in [1.54, 1.807) is 0 Å². The molecule has 0 spiro atoms. The minimum Gasteiger partial charge on any atom is -0.384 e. The molecule has 0 aliphatic rings. The highest BCUT2D eigenvalue weighted by Crippen LogP contribution is 2.12. The van der Waals surface area contributed by atoms with E-state index in [1.165, 1.54) is 6.20 Å². The zero-order valence-electron chi connectivity index (χ0n) is 8.95. The van der Waals surface area contributed by atoms with Crippen LogP contribution in [0.3, 0.4) is 0 Å². The number of nitrogens with zero attached hydrogens (tertiary/aromatic N) is 1. The molecule has 1 aromatic heterocycles. The molecule has 0 radical (unpaired) electrons. The second-order valence-corrected chi connectivity index (χ2v) is 5.19.